The van der Waals surface area contributed by atoms with Gasteiger partial charge in [0.05, 0.1) is 19.8 Å². The van der Waals surface area contributed by atoms with Crippen LogP contribution in [0.1, 0.15) is 26.2 Å². The molecule has 1 saturated heterocycles. The Balaban J connectivity index is 1.66. The second-order valence-electron chi connectivity index (χ2n) is 4.56. The molecule has 1 aliphatic heterocycles. The third-order valence-electron chi connectivity index (χ3n) is 2.95. The zero-order valence-corrected chi connectivity index (χ0v) is 10.3. The summed E-state index contributed by atoms with van der Waals surface area (Å²) in [4.78, 5) is 11.7. The maximum absolute atomic E-state index is 11.7. The molecule has 1 saturated carbocycles. The Labute approximate surface area is 102 Å². The molecule has 1 atom stereocenters. The molecule has 2 rings (SSSR count). The summed E-state index contributed by atoms with van der Waals surface area (Å²) in [7, 11) is 0. The van der Waals surface area contributed by atoms with Crippen molar-refractivity contribution in [3.05, 3.63) is 0 Å². The zero-order valence-electron chi connectivity index (χ0n) is 10.3. The molecular formula is C12H21NO4. The third-order valence-corrected chi connectivity index (χ3v) is 2.95. The average Bonchev–Trinajstić information content (AvgIpc) is 3.04. The quantitative estimate of drug-likeness (QED) is 0.628. The van der Waals surface area contributed by atoms with Crippen LogP contribution in [0.5, 0.6) is 0 Å². The molecule has 1 heterocycles. The summed E-state index contributed by atoms with van der Waals surface area (Å²) < 4.78 is 15.6. The van der Waals surface area contributed by atoms with E-state index >= 15 is 0 Å². The predicted molar refractivity (Wildman–Crippen MR) is 61.8 cm³/mol. The van der Waals surface area contributed by atoms with Gasteiger partial charge in [-0.3, -0.25) is 4.79 Å². The molecule has 1 aliphatic carbocycles. The molecule has 17 heavy (non-hydrogen) atoms. The highest BCUT2D eigenvalue weighted by molar-refractivity contribution is 5.75. The van der Waals surface area contributed by atoms with E-state index in [9.17, 15) is 4.79 Å². The Bertz CT molecular complexity index is 251. The summed E-state index contributed by atoms with van der Waals surface area (Å²) in [6.45, 7) is 4.20. The van der Waals surface area contributed by atoms with Gasteiger partial charge < -0.3 is 19.5 Å². The summed E-state index contributed by atoms with van der Waals surface area (Å²) in [5.74, 6) is -0.159. The van der Waals surface area contributed by atoms with Crippen molar-refractivity contribution < 1.29 is 19.0 Å². The molecule has 5 nitrogen and oxygen atoms in total. The molecule has 0 amide bonds. The van der Waals surface area contributed by atoms with Crippen molar-refractivity contribution in [3.8, 4) is 0 Å². The molecule has 0 radical (unpaired) electrons. The van der Waals surface area contributed by atoms with E-state index in [4.69, 9.17) is 14.2 Å². The van der Waals surface area contributed by atoms with Crippen LogP contribution in [-0.4, -0.2) is 50.6 Å². The number of nitrogens with one attached hydrogen (secondary N) is 1. The highest BCUT2D eigenvalue weighted by Crippen LogP contribution is 2.20. The fourth-order valence-electron chi connectivity index (χ4n) is 1.71. The highest BCUT2D eigenvalue weighted by atomic mass is 16.6. The fourth-order valence-corrected chi connectivity index (χ4v) is 1.71. The van der Waals surface area contributed by atoms with Crippen LogP contribution in [0, 0.1) is 0 Å². The Hall–Kier alpha value is -0.650. The minimum atomic E-state index is -0.219. The number of hydrogen-bond donors (Lipinski definition) is 1. The molecule has 1 unspecified atom stereocenters. The molecule has 0 bridgehead atoms. The van der Waals surface area contributed by atoms with Gasteiger partial charge in [-0.15, -0.1) is 0 Å². The van der Waals surface area contributed by atoms with Crippen molar-refractivity contribution in [2.24, 2.45) is 0 Å². The van der Waals surface area contributed by atoms with Crippen LogP contribution >= 0.6 is 0 Å². The molecule has 2 fully saturated rings. The van der Waals surface area contributed by atoms with Crippen LogP contribution in [0.2, 0.25) is 0 Å². The van der Waals surface area contributed by atoms with Gasteiger partial charge >= 0.3 is 5.97 Å². The molecular weight excluding hydrogens is 222 g/mol. The molecule has 98 valence electrons. The summed E-state index contributed by atoms with van der Waals surface area (Å²) in [6.07, 6.45) is 3.21. The van der Waals surface area contributed by atoms with E-state index in [1.54, 1.807) is 0 Å². The lowest BCUT2D eigenvalue weighted by atomic mass is 10.2. The number of rotatable bonds is 8. The van der Waals surface area contributed by atoms with Gasteiger partial charge in [-0.1, -0.05) is 0 Å². The van der Waals surface area contributed by atoms with Gasteiger partial charge in [-0.2, -0.15) is 0 Å². The van der Waals surface area contributed by atoms with Crippen molar-refractivity contribution in [1.82, 2.24) is 5.32 Å². The summed E-state index contributed by atoms with van der Waals surface area (Å²) in [5, 5.41) is 3.30. The predicted octanol–water partition coefficient (Wildman–Crippen LogP) is 0.476. The van der Waals surface area contributed by atoms with Gasteiger partial charge in [0.1, 0.15) is 12.1 Å². The fraction of sp³-hybridized carbons (Fsp3) is 0.917. The Morgan fingerprint density at radius 1 is 1.47 bits per heavy atom. The van der Waals surface area contributed by atoms with E-state index in [0.717, 1.165) is 12.8 Å². The molecule has 0 aromatic rings. The van der Waals surface area contributed by atoms with Gasteiger partial charge in [0.25, 0.3) is 0 Å². The van der Waals surface area contributed by atoms with Crippen molar-refractivity contribution in [3.63, 3.8) is 0 Å². The van der Waals surface area contributed by atoms with E-state index in [1.165, 1.54) is 0 Å². The Morgan fingerprint density at radius 2 is 2.24 bits per heavy atom. The van der Waals surface area contributed by atoms with E-state index < -0.39 is 0 Å². The first kappa shape index (κ1) is 12.8. The number of esters is 1. The maximum Gasteiger partial charge on any atom is 0.323 e. The van der Waals surface area contributed by atoms with Crippen LogP contribution in [0.3, 0.4) is 0 Å². The first-order valence-electron chi connectivity index (χ1n) is 6.41. The molecule has 2 aliphatic rings. The minimum absolute atomic E-state index is 0.159. The maximum atomic E-state index is 11.7. The molecule has 5 heteroatoms. The first-order chi connectivity index (χ1) is 8.29. The van der Waals surface area contributed by atoms with Gasteiger partial charge in [-0.25, -0.2) is 0 Å². The third kappa shape index (κ3) is 4.26. The highest BCUT2D eigenvalue weighted by Gasteiger charge is 2.29. The van der Waals surface area contributed by atoms with Crippen molar-refractivity contribution >= 4 is 5.97 Å². The second kappa shape index (κ2) is 6.33. The monoisotopic (exact) mass is 243 g/mol. The molecule has 0 aromatic heterocycles. The van der Waals surface area contributed by atoms with Gasteiger partial charge in [-0.05, 0) is 26.2 Å². The van der Waals surface area contributed by atoms with E-state index in [0.29, 0.717) is 38.9 Å². The summed E-state index contributed by atoms with van der Waals surface area (Å²) in [6, 6.07) is 0.278. The molecule has 1 N–H and O–H groups in total. The van der Waals surface area contributed by atoms with Gasteiger partial charge in [0, 0.05) is 12.6 Å². The zero-order chi connectivity index (χ0) is 12.1. The number of carbonyl (C=O) groups is 1. The van der Waals surface area contributed by atoms with Crippen molar-refractivity contribution in [2.45, 2.75) is 44.4 Å². The SMILES string of the molecule is CCOC(=O)C(CCOC1COC1)NC1CC1. The van der Waals surface area contributed by atoms with Crippen molar-refractivity contribution in [1.29, 1.82) is 0 Å². The van der Waals surface area contributed by atoms with Crippen LogP contribution in [-0.2, 0) is 19.0 Å². The van der Waals surface area contributed by atoms with Crippen LogP contribution < -0.4 is 5.32 Å². The largest absolute Gasteiger partial charge is 0.465 e. The van der Waals surface area contributed by atoms with Crippen molar-refractivity contribution in [2.75, 3.05) is 26.4 Å². The molecule has 0 spiro atoms. The first-order valence-corrected chi connectivity index (χ1v) is 6.41. The number of ether oxygens (including phenoxy) is 3. The minimum Gasteiger partial charge on any atom is -0.465 e. The second-order valence-corrected chi connectivity index (χ2v) is 4.56. The normalized spacial score (nSPS) is 21.9. The number of hydrogen-bond acceptors (Lipinski definition) is 5. The topological polar surface area (TPSA) is 56.8 Å². The smallest absolute Gasteiger partial charge is 0.323 e. The lowest BCUT2D eigenvalue weighted by Crippen LogP contribution is -2.42. The van der Waals surface area contributed by atoms with E-state index in [2.05, 4.69) is 5.32 Å². The van der Waals surface area contributed by atoms with E-state index in [1.807, 2.05) is 6.92 Å². The lowest BCUT2D eigenvalue weighted by molar-refractivity contribution is -0.149. The van der Waals surface area contributed by atoms with Crippen LogP contribution in [0.4, 0.5) is 0 Å². The van der Waals surface area contributed by atoms with Gasteiger partial charge in [0.2, 0.25) is 0 Å². The Kier molecular flexibility index (Phi) is 4.76. The van der Waals surface area contributed by atoms with Gasteiger partial charge in [0.15, 0.2) is 0 Å². The average molecular weight is 243 g/mol. The van der Waals surface area contributed by atoms with E-state index in [-0.39, 0.29) is 18.1 Å². The molecule has 0 aromatic carbocycles. The lowest BCUT2D eigenvalue weighted by Gasteiger charge is -2.26. The summed E-state index contributed by atoms with van der Waals surface area (Å²) >= 11 is 0. The van der Waals surface area contributed by atoms with Crippen LogP contribution in [0.15, 0.2) is 0 Å². The number of carbonyl (C=O) groups excluding carboxylic acids is 1. The Morgan fingerprint density at radius 3 is 2.76 bits per heavy atom. The van der Waals surface area contributed by atoms with Crippen LogP contribution in [0.25, 0.3) is 0 Å². The summed E-state index contributed by atoms with van der Waals surface area (Å²) in [5.41, 5.74) is 0. The standard InChI is InChI=1S/C12H21NO4/c1-2-16-12(14)11(13-9-3-4-9)5-6-17-10-7-15-8-10/h9-11,13H,2-8H2,1H3.